The highest BCUT2D eigenvalue weighted by Gasteiger charge is 2.36. The van der Waals surface area contributed by atoms with Crippen LogP contribution in [0.25, 0.3) is 0 Å². The normalized spacial score (nSPS) is 17.2. The Labute approximate surface area is 151 Å². The van der Waals surface area contributed by atoms with Crippen LogP contribution in [0.2, 0.25) is 0 Å². The van der Waals surface area contributed by atoms with Crippen LogP contribution in [0.3, 0.4) is 0 Å². The summed E-state index contributed by atoms with van der Waals surface area (Å²) in [5.41, 5.74) is 0. The van der Waals surface area contributed by atoms with Crippen molar-refractivity contribution in [3.05, 3.63) is 22.7 Å². The van der Waals surface area contributed by atoms with E-state index in [1.165, 1.54) is 17.9 Å². The minimum atomic E-state index is -5.02. The van der Waals surface area contributed by atoms with Gasteiger partial charge < -0.3 is 9.64 Å². The second kappa shape index (κ2) is 7.50. The molecule has 1 aliphatic rings. The number of alkyl halides is 3. The van der Waals surface area contributed by atoms with Gasteiger partial charge in [-0.3, -0.25) is 4.79 Å². The number of halogens is 4. The maximum absolute atomic E-state index is 12.8. The van der Waals surface area contributed by atoms with Crippen molar-refractivity contribution in [1.82, 2.24) is 9.21 Å². The minimum Gasteiger partial charge on any atom is -0.404 e. The van der Waals surface area contributed by atoms with E-state index in [-0.39, 0.29) is 30.0 Å². The van der Waals surface area contributed by atoms with Gasteiger partial charge in [-0.25, -0.2) is 8.42 Å². The number of rotatable bonds is 3. The monoisotopic (exact) mass is 444 g/mol. The molecule has 0 aliphatic carbocycles. The van der Waals surface area contributed by atoms with Gasteiger partial charge in [0.05, 0.1) is 0 Å². The number of carbonyl (C=O) groups excluding carboxylic acids is 1. The van der Waals surface area contributed by atoms with Gasteiger partial charge >= 0.3 is 6.36 Å². The summed E-state index contributed by atoms with van der Waals surface area (Å²) < 4.78 is 68.6. The number of carbonyl (C=O) groups is 1. The molecule has 0 aromatic heterocycles. The molecule has 0 saturated carbocycles. The Morgan fingerprint density at radius 1 is 1.20 bits per heavy atom. The van der Waals surface area contributed by atoms with Crippen LogP contribution in [0.4, 0.5) is 13.2 Å². The first-order valence-corrected chi connectivity index (χ1v) is 9.55. The molecule has 0 unspecified atom stereocenters. The Kier molecular flexibility index (Phi) is 6.00. The van der Waals surface area contributed by atoms with Crippen molar-refractivity contribution in [2.45, 2.75) is 24.6 Å². The molecule has 1 aromatic rings. The molecule has 0 radical (unpaired) electrons. The fraction of sp³-hybridized carbons (Fsp3) is 0.500. The third kappa shape index (κ3) is 5.08. The summed E-state index contributed by atoms with van der Waals surface area (Å²) in [4.78, 5) is 12.4. The number of benzene rings is 1. The van der Waals surface area contributed by atoms with Gasteiger partial charge in [-0.1, -0.05) is 15.9 Å². The van der Waals surface area contributed by atoms with E-state index in [0.29, 0.717) is 13.0 Å². The van der Waals surface area contributed by atoms with Gasteiger partial charge in [0.25, 0.3) is 0 Å². The lowest BCUT2D eigenvalue weighted by Gasteiger charge is -2.22. The van der Waals surface area contributed by atoms with E-state index in [2.05, 4.69) is 20.7 Å². The number of sulfonamides is 1. The largest absolute Gasteiger partial charge is 0.573 e. The first-order valence-electron chi connectivity index (χ1n) is 7.31. The highest BCUT2D eigenvalue weighted by Crippen LogP contribution is 2.34. The van der Waals surface area contributed by atoms with Crippen molar-refractivity contribution in [2.24, 2.45) is 0 Å². The molecule has 140 valence electrons. The smallest absolute Gasteiger partial charge is 0.404 e. The molecule has 1 amide bonds. The molecule has 0 spiro atoms. The Bertz CT molecular complexity index is 755. The van der Waals surface area contributed by atoms with Gasteiger partial charge in [0, 0.05) is 37.6 Å². The van der Waals surface area contributed by atoms with Gasteiger partial charge in [-0.2, -0.15) is 4.31 Å². The lowest BCUT2D eigenvalue weighted by atomic mass is 10.3. The van der Waals surface area contributed by atoms with Crippen LogP contribution in [0.1, 0.15) is 13.3 Å². The van der Waals surface area contributed by atoms with E-state index in [1.807, 2.05) is 0 Å². The zero-order chi connectivity index (χ0) is 18.8. The molecule has 0 bridgehead atoms. The lowest BCUT2D eigenvalue weighted by molar-refractivity contribution is -0.275. The van der Waals surface area contributed by atoms with Gasteiger partial charge in [-0.05, 0) is 24.6 Å². The van der Waals surface area contributed by atoms with Crippen molar-refractivity contribution < 1.29 is 31.1 Å². The predicted octanol–water partition coefficient (Wildman–Crippen LogP) is 2.59. The summed E-state index contributed by atoms with van der Waals surface area (Å²) in [6, 6.07) is 3.35. The van der Waals surface area contributed by atoms with Crippen molar-refractivity contribution in [1.29, 1.82) is 0 Å². The lowest BCUT2D eigenvalue weighted by Crippen LogP contribution is -2.36. The fourth-order valence-corrected chi connectivity index (χ4v) is 4.39. The standard InChI is InChI=1S/C14H16BrF3N2O4S/c1-10(21)19-5-2-6-20(8-7-19)25(22,23)13-4-3-11(15)9-12(13)24-14(16,17)18/h3-4,9H,2,5-8H2,1H3. The molecule has 1 fully saturated rings. The number of hydrogen-bond donors (Lipinski definition) is 0. The SMILES string of the molecule is CC(=O)N1CCCN(S(=O)(=O)c2ccc(Br)cc2OC(F)(F)F)CC1. The van der Waals surface area contributed by atoms with E-state index >= 15 is 0 Å². The topological polar surface area (TPSA) is 66.9 Å². The maximum Gasteiger partial charge on any atom is 0.573 e. The van der Waals surface area contributed by atoms with E-state index in [1.54, 1.807) is 0 Å². The van der Waals surface area contributed by atoms with Gasteiger partial charge in [0.1, 0.15) is 4.90 Å². The second-order valence-electron chi connectivity index (χ2n) is 5.40. The van der Waals surface area contributed by atoms with Gasteiger partial charge in [0.15, 0.2) is 5.75 Å². The first kappa shape index (κ1) is 20.0. The van der Waals surface area contributed by atoms with Gasteiger partial charge in [-0.15, -0.1) is 13.2 Å². The summed E-state index contributed by atoms with van der Waals surface area (Å²) in [6.07, 6.45) is -4.62. The molecule has 1 aliphatic heterocycles. The molecule has 1 heterocycles. The minimum absolute atomic E-state index is 0.00341. The summed E-state index contributed by atoms with van der Waals surface area (Å²) >= 11 is 3.00. The molecule has 6 nitrogen and oxygen atoms in total. The highest BCUT2D eigenvalue weighted by molar-refractivity contribution is 9.10. The molecule has 0 N–H and O–H groups in total. The highest BCUT2D eigenvalue weighted by atomic mass is 79.9. The summed E-state index contributed by atoms with van der Waals surface area (Å²) in [5.74, 6) is -0.974. The maximum atomic E-state index is 12.8. The van der Waals surface area contributed by atoms with Crippen molar-refractivity contribution in [3.63, 3.8) is 0 Å². The molecule has 25 heavy (non-hydrogen) atoms. The van der Waals surface area contributed by atoms with E-state index < -0.39 is 27.0 Å². The Balaban J connectivity index is 2.34. The van der Waals surface area contributed by atoms with Crippen LogP contribution >= 0.6 is 15.9 Å². The summed E-state index contributed by atoms with van der Waals surface area (Å²) in [7, 11) is -4.20. The first-order chi connectivity index (χ1) is 11.5. The molecular formula is C14H16BrF3N2O4S. The quantitative estimate of drug-likeness (QED) is 0.718. The second-order valence-corrected chi connectivity index (χ2v) is 8.22. The molecule has 2 rings (SSSR count). The van der Waals surface area contributed by atoms with Crippen LogP contribution in [-0.2, 0) is 14.8 Å². The molecule has 1 aromatic carbocycles. The van der Waals surface area contributed by atoms with Gasteiger partial charge in [0.2, 0.25) is 15.9 Å². The van der Waals surface area contributed by atoms with Crippen LogP contribution in [0.15, 0.2) is 27.6 Å². The molecule has 1 saturated heterocycles. The van der Waals surface area contributed by atoms with Crippen molar-refractivity contribution in [3.8, 4) is 5.75 Å². The number of hydrogen-bond acceptors (Lipinski definition) is 4. The van der Waals surface area contributed by atoms with E-state index in [9.17, 15) is 26.4 Å². The van der Waals surface area contributed by atoms with Crippen LogP contribution in [0, 0.1) is 0 Å². The van der Waals surface area contributed by atoms with E-state index in [0.717, 1.165) is 16.4 Å². The zero-order valence-corrected chi connectivity index (χ0v) is 15.6. The number of nitrogens with zero attached hydrogens (tertiary/aromatic N) is 2. The van der Waals surface area contributed by atoms with Crippen LogP contribution < -0.4 is 4.74 Å². The average molecular weight is 445 g/mol. The van der Waals surface area contributed by atoms with Crippen molar-refractivity contribution >= 4 is 31.9 Å². The zero-order valence-electron chi connectivity index (χ0n) is 13.2. The summed E-state index contributed by atoms with van der Waals surface area (Å²) in [6.45, 7) is 2.07. The molecular weight excluding hydrogens is 429 g/mol. The average Bonchev–Trinajstić information content (AvgIpc) is 2.71. The fourth-order valence-electron chi connectivity index (χ4n) is 2.49. The Morgan fingerprint density at radius 3 is 2.48 bits per heavy atom. The van der Waals surface area contributed by atoms with Crippen molar-refractivity contribution in [2.75, 3.05) is 26.2 Å². The Morgan fingerprint density at radius 2 is 1.88 bits per heavy atom. The van der Waals surface area contributed by atoms with E-state index in [4.69, 9.17) is 0 Å². The third-order valence-electron chi connectivity index (χ3n) is 3.65. The van der Waals surface area contributed by atoms with Crippen LogP contribution in [0.5, 0.6) is 5.75 Å². The predicted molar refractivity (Wildman–Crippen MR) is 86.5 cm³/mol. The number of ether oxygens (including phenoxy) is 1. The third-order valence-corrected chi connectivity index (χ3v) is 6.08. The Hall–Kier alpha value is -1.33. The number of amides is 1. The molecule has 11 heteroatoms. The van der Waals surface area contributed by atoms with Crippen LogP contribution in [-0.4, -0.2) is 56.1 Å². The molecule has 0 atom stereocenters. The summed E-state index contributed by atoms with van der Waals surface area (Å²) in [5, 5.41) is 0.